The van der Waals surface area contributed by atoms with Gasteiger partial charge in [-0.1, -0.05) is 48.5 Å². The van der Waals surface area contributed by atoms with E-state index in [1.807, 2.05) is 0 Å². The lowest BCUT2D eigenvalue weighted by Crippen LogP contribution is -1.98. The first kappa shape index (κ1) is 22.0. The topological polar surface area (TPSA) is 31.0 Å². The minimum atomic E-state index is -0.910. The van der Waals surface area contributed by atoms with Crippen LogP contribution in [0, 0.1) is 17.5 Å². The molecule has 1 heterocycles. The zero-order chi connectivity index (χ0) is 23.7. The largest absolute Gasteiger partial charge is 0.497 e. The maximum Gasteiger partial charge on any atom is 0.167 e. The van der Waals surface area contributed by atoms with E-state index in [1.54, 1.807) is 79.9 Å². The third-order valence-electron chi connectivity index (χ3n) is 5.81. The minimum absolute atomic E-state index is 0.155. The van der Waals surface area contributed by atoms with Crippen molar-refractivity contribution in [2.45, 2.75) is 12.7 Å². The molecule has 0 N–H and O–H groups in total. The van der Waals surface area contributed by atoms with E-state index in [2.05, 4.69) is 0 Å². The van der Waals surface area contributed by atoms with Gasteiger partial charge >= 0.3 is 0 Å². The van der Waals surface area contributed by atoms with Crippen molar-refractivity contribution in [3.05, 3.63) is 107 Å². The molecule has 0 spiro atoms. The zero-order valence-corrected chi connectivity index (χ0v) is 18.4. The van der Waals surface area contributed by atoms with E-state index in [-0.39, 0.29) is 29.7 Å². The number of hydrogen-bond donors (Lipinski definition) is 0. The summed E-state index contributed by atoms with van der Waals surface area (Å²) in [4.78, 5) is 0. The van der Waals surface area contributed by atoms with Crippen LogP contribution in [0.25, 0.3) is 22.3 Å². The number of ether oxygens (including phenoxy) is 3. The molecule has 1 atom stereocenters. The second-order valence-corrected chi connectivity index (χ2v) is 8.01. The SMILES string of the molecule is COc1ccc(-c2ccc(-c3ccc(COc4ccc(C5CO5)c(F)c4)cc3)c(F)c2F)cc1. The van der Waals surface area contributed by atoms with Crippen LogP contribution in [-0.2, 0) is 11.3 Å². The molecule has 1 unspecified atom stereocenters. The number of halogens is 3. The third kappa shape index (κ3) is 4.50. The highest BCUT2D eigenvalue weighted by Crippen LogP contribution is 2.34. The molecule has 1 aliphatic rings. The molecule has 1 saturated heterocycles. The van der Waals surface area contributed by atoms with Gasteiger partial charge < -0.3 is 14.2 Å². The lowest BCUT2D eigenvalue weighted by molar-refractivity contribution is 0.304. The van der Waals surface area contributed by atoms with E-state index >= 15 is 0 Å². The Bertz CT molecular complexity index is 1310. The summed E-state index contributed by atoms with van der Waals surface area (Å²) >= 11 is 0. The number of benzene rings is 4. The van der Waals surface area contributed by atoms with Crippen LogP contribution in [0.3, 0.4) is 0 Å². The monoisotopic (exact) mass is 462 g/mol. The van der Waals surface area contributed by atoms with Gasteiger partial charge in [0.05, 0.1) is 13.7 Å². The van der Waals surface area contributed by atoms with Crippen molar-refractivity contribution in [1.29, 1.82) is 0 Å². The molecule has 0 radical (unpaired) electrons. The Morgan fingerprint density at radius 3 is 1.85 bits per heavy atom. The molecule has 1 aliphatic heterocycles. The Balaban J connectivity index is 1.30. The summed E-state index contributed by atoms with van der Waals surface area (Å²) in [5, 5.41) is 0. The normalized spacial score (nSPS) is 14.6. The number of methoxy groups -OCH3 is 1. The van der Waals surface area contributed by atoms with Crippen LogP contribution in [0.5, 0.6) is 11.5 Å². The first-order valence-corrected chi connectivity index (χ1v) is 10.8. The van der Waals surface area contributed by atoms with Gasteiger partial charge in [0.15, 0.2) is 11.6 Å². The molecule has 1 fully saturated rings. The molecule has 0 aliphatic carbocycles. The van der Waals surface area contributed by atoms with E-state index in [0.29, 0.717) is 34.8 Å². The molecular formula is C28H21F3O3. The third-order valence-corrected chi connectivity index (χ3v) is 5.81. The number of rotatable bonds is 7. The maximum absolute atomic E-state index is 14.9. The van der Waals surface area contributed by atoms with Gasteiger partial charge in [-0.25, -0.2) is 13.2 Å². The average Bonchev–Trinajstić information content (AvgIpc) is 3.70. The Labute approximate surface area is 195 Å². The molecule has 0 amide bonds. The fraction of sp³-hybridized carbons (Fsp3) is 0.143. The van der Waals surface area contributed by atoms with E-state index in [4.69, 9.17) is 14.2 Å². The summed E-state index contributed by atoms with van der Waals surface area (Å²) in [6.07, 6.45) is -0.155. The van der Waals surface area contributed by atoms with E-state index in [1.165, 1.54) is 6.07 Å². The van der Waals surface area contributed by atoms with Gasteiger partial charge in [0.25, 0.3) is 0 Å². The van der Waals surface area contributed by atoms with Gasteiger partial charge in [0, 0.05) is 22.8 Å². The van der Waals surface area contributed by atoms with Crippen LogP contribution in [0.15, 0.2) is 78.9 Å². The highest BCUT2D eigenvalue weighted by Gasteiger charge is 2.27. The fourth-order valence-electron chi connectivity index (χ4n) is 3.80. The lowest BCUT2D eigenvalue weighted by atomic mass is 9.98. The Kier molecular flexibility index (Phi) is 5.99. The van der Waals surface area contributed by atoms with Gasteiger partial charge in [0.1, 0.15) is 30.0 Å². The standard InChI is InChI=1S/C28H21F3O3/c1-32-20-8-6-19(7-9-20)23-13-12-22(27(30)28(23)31)18-4-2-17(3-5-18)15-33-21-10-11-24(25(29)14-21)26-16-34-26/h2-14,26H,15-16H2,1H3. The fourth-order valence-corrected chi connectivity index (χ4v) is 3.80. The molecule has 34 heavy (non-hydrogen) atoms. The van der Waals surface area contributed by atoms with Crippen LogP contribution in [0.4, 0.5) is 13.2 Å². The molecule has 6 heteroatoms. The van der Waals surface area contributed by atoms with Crippen LogP contribution in [0.2, 0.25) is 0 Å². The Hall–Kier alpha value is -3.77. The smallest absolute Gasteiger partial charge is 0.167 e. The van der Waals surface area contributed by atoms with E-state index < -0.39 is 11.6 Å². The van der Waals surface area contributed by atoms with Gasteiger partial charge in [-0.15, -0.1) is 0 Å². The van der Waals surface area contributed by atoms with E-state index in [0.717, 1.165) is 5.56 Å². The van der Waals surface area contributed by atoms with Crippen molar-refractivity contribution in [3.8, 4) is 33.8 Å². The number of epoxide rings is 1. The van der Waals surface area contributed by atoms with Gasteiger partial charge in [-0.3, -0.25) is 0 Å². The molecule has 0 bridgehead atoms. The summed E-state index contributed by atoms with van der Waals surface area (Å²) in [5.74, 6) is -1.12. The van der Waals surface area contributed by atoms with Crippen molar-refractivity contribution in [1.82, 2.24) is 0 Å². The predicted molar refractivity (Wildman–Crippen MR) is 123 cm³/mol. The Morgan fingerprint density at radius 1 is 0.765 bits per heavy atom. The van der Waals surface area contributed by atoms with E-state index in [9.17, 15) is 13.2 Å². The van der Waals surface area contributed by atoms with Crippen LogP contribution >= 0.6 is 0 Å². The first-order valence-electron chi connectivity index (χ1n) is 10.8. The van der Waals surface area contributed by atoms with Crippen molar-refractivity contribution in [3.63, 3.8) is 0 Å². The summed E-state index contributed by atoms with van der Waals surface area (Å²) < 4.78 is 59.8. The molecular weight excluding hydrogens is 441 g/mol. The molecule has 0 aromatic heterocycles. The molecule has 172 valence electrons. The van der Waals surface area contributed by atoms with Crippen molar-refractivity contribution in [2.75, 3.05) is 13.7 Å². The van der Waals surface area contributed by atoms with Gasteiger partial charge in [-0.2, -0.15) is 0 Å². The Morgan fingerprint density at radius 2 is 1.32 bits per heavy atom. The van der Waals surface area contributed by atoms with Crippen molar-refractivity contribution >= 4 is 0 Å². The zero-order valence-electron chi connectivity index (χ0n) is 18.4. The molecule has 4 aromatic carbocycles. The van der Waals surface area contributed by atoms with Crippen LogP contribution in [-0.4, -0.2) is 13.7 Å². The second-order valence-electron chi connectivity index (χ2n) is 8.01. The van der Waals surface area contributed by atoms with Crippen LogP contribution in [0.1, 0.15) is 17.2 Å². The highest BCUT2D eigenvalue weighted by molar-refractivity contribution is 5.72. The summed E-state index contributed by atoms with van der Waals surface area (Å²) in [6, 6.07) is 21.6. The van der Waals surface area contributed by atoms with Gasteiger partial charge in [-0.05, 0) is 41.0 Å². The first-order chi connectivity index (χ1) is 16.5. The van der Waals surface area contributed by atoms with Gasteiger partial charge in [0.2, 0.25) is 0 Å². The summed E-state index contributed by atoms with van der Waals surface area (Å²) in [6.45, 7) is 0.754. The summed E-state index contributed by atoms with van der Waals surface area (Å²) in [5.41, 5.74) is 2.80. The second kappa shape index (κ2) is 9.23. The minimum Gasteiger partial charge on any atom is -0.497 e. The van der Waals surface area contributed by atoms with Crippen LogP contribution < -0.4 is 9.47 Å². The highest BCUT2D eigenvalue weighted by atomic mass is 19.2. The van der Waals surface area contributed by atoms with Crippen molar-refractivity contribution < 1.29 is 27.4 Å². The quantitative estimate of drug-likeness (QED) is 0.275. The molecule has 0 saturated carbocycles. The lowest BCUT2D eigenvalue weighted by Gasteiger charge is -2.11. The maximum atomic E-state index is 14.9. The molecule has 4 aromatic rings. The summed E-state index contributed by atoms with van der Waals surface area (Å²) in [7, 11) is 1.54. The van der Waals surface area contributed by atoms with Crippen molar-refractivity contribution in [2.24, 2.45) is 0 Å². The number of hydrogen-bond acceptors (Lipinski definition) is 3. The molecule has 3 nitrogen and oxygen atoms in total. The average molecular weight is 462 g/mol. The predicted octanol–water partition coefficient (Wildman–Crippen LogP) is 7.10. The molecule has 5 rings (SSSR count).